The standard InChI is InChI=1S/C12H8ClF3N2O2S/c1-20-10(19)8-9(13)18-11(21-8)17-7-5-3-2-4-6(7)12(14,15)16/h2-5H,1H3,(H,17,18). The molecule has 0 saturated heterocycles. The summed E-state index contributed by atoms with van der Waals surface area (Å²) >= 11 is 6.56. The van der Waals surface area contributed by atoms with Crippen LogP contribution in [0.5, 0.6) is 0 Å². The molecule has 2 aromatic rings. The number of hydrogen-bond acceptors (Lipinski definition) is 5. The second kappa shape index (κ2) is 5.90. The van der Waals surface area contributed by atoms with Crippen molar-refractivity contribution in [1.29, 1.82) is 0 Å². The Morgan fingerprint density at radius 1 is 1.38 bits per heavy atom. The number of benzene rings is 1. The number of anilines is 2. The molecule has 0 unspecified atom stereocenters. The molecule has 112 valence electrons. The lowest BCUT2D eigenvalue weighted by Crippen LogP contribution is -2.08. The predicted octanol–water partition coefficient (Wildman–Crippen LogP) is 4.35. The number of para-hydroxylation sites is 1. The zero-order valence-corrected chi connectivity index (χ0v) is 12.1. The van der Waals surface area contributed by atoms with Gasteiger partial charge in [-0.25, -0.2) is 9.78 Å². The summed E-state index contributed by atoms with van der Waals surface area (Å²) in [5.74, 6) is -0.699. The summed E-state index contributed by atoms with van der Waals surface area (Å²) in [5.41, 5.74) is -1.01. The molecule has 1 N–H and O–H groups in total. The Balaban J connectivity index is 2.34. The number of halogens is 4. The first kappa shape index (κ1) is 15.6. The Kier molecular flexibility index (Phi) is 4.38. The van der Waals surface area contributed by atoms with Gasteiger partial charge in [-0.2, -0.15) is 13.2 Å². The van der Waals surface area contributed by atoms with Crippen LogP contribution in [-0.4, -0.2) is 18.1 Å². The first-order valence-electron chi connectivity index (χ1n) is 5.51. The third-order valence-electron chi connectivity index (χ3n) is 2.43. The minimum atomic E-state index is -4.50. The number of thiazole rings is 1. The zero-order chi connectivity index (χ0) is 15.6. The second-order valence-electron chi connectivity index (χ2n) is 3.80. The van der Waals surface area contributed by atoms with Gasteiger partial charge in [-0.3, -0.25) is 0 Å². The molecular weight excluding hydrogens is 329 g/mol. The average molecular weight is 337 g/mol. The summed E-state index contributed by atoms with van der Waals surface area (Å²) in [4.78, 5) is 15.2. The summed E-state index contributed by atoms with van der Waals surface area (Å²) in [5, 5.41) is 2.46. The van der Waals surface area contributed by atoms with Gasteiger partial charge in [0.25, 0.3) is 0 Å². The highest BCUT2D eigenvalue weighted by Crippen LogP contribution is 2.37. The van der Waals surface area contributed by atoms with Crippen molar-refractivity contribution in [2.75, 3.05) is 12.4 Å². The van der Waals surface area contributed by atoms with Gasteiger partial charge in [0.15, 0.2) is 15.2 Å². The lowest BCUT2D eigenvalue weighted by molar-refractivity contribution is -0.136. The fourth-order valence-corrected chi connectivity index (χ4v) is 2.64. The van der Waals surface area contributed by atoms with Crippen LogP contribution in [0.4, 0.5) is 24.0 Å². The molecule has 4 nitrogen and oxygen atoms in total. The first-order chi connectivity index (χ1) is 9.82. The molecule has 0 aliphatic rings. The molecule has 0 aliphatic carbocycles. The van der Waals surface area contributed by atoms with E-state index in [2.05, 4.69) is 15.0 Å². The normalized spacial score (nSPS) is 11.3. The van der Waals surface area contributed by atoms with Gasteiger partial charge in [0.1, 0.15) is 0 Å². The van der Waals surface area contributed by atoms with Gasteiger partial charge < -0.3 is 10.1 Å². The molecule has 0 amide bonds. The maximum absolute atomic E-state index is 12.9. The fourth-order valence-electron chi connectivity index (χ4n) is 1.53. The van der Waals surface area contributed by atoms with Crippen molar-refractivity contribution in [2.45, 2.75) is 6.18 Å². The largest absolute Gasteiger partial charge is 0.465 e. The Morgan fingerprint density at radius 2 is 2.05 bits per heavy atom. The number of methoxy groups -OCH3 is 1. The highest BCUT2D eigenvalue weighted by Gasteiger charge is 2.33. The Labute approximate surface area is 126 Å². The number of carbonyl (C=O) groups excluding carboxylic acids is 1. The topological polar surface area (TPSA) is 51.2 Å². The SMILES string of the molecule is COC(=O)c1sc(Nc2ccccc2C(F)(F)F)nc1Cl. The van der Waals surface area contributed by atoms with Crippen molar-refractivity contribution in [3.8, 4) is 0 Å². The van der Waals surface area contributed by atoms with Gasteiger partial charge >= 0.3 is 12.1 Å². The molecule has 1 heterocycles. The summed E-state index contributed by atoms with van der Waals surface area (Å²) in [6, 6.07) is 4.94. The molecule has 0 saturated carbocycles. The summed E-state index contributed by atoms with van der Waals surface area (Å²) in [6.45, 7) is 0. The molecule has 0 atom stereocenters. The van der Waals surface area contributed by atoms with Crippen molar-refractivity contribution in [3.63, 3.8) is 0 Å². The van der Waals surface area contributed by atoms with E-state index in [-0.39, 0.29) is 20.8 Å². The van der Waals surface area contributed by atoms with E-state index in [9.17, 15) is 18.0 Å². The molecule has 0 aliphatic heterocycles. The summed E-state index contributed by atoms with van der Waals surface area (Å²) in [6.07, 6.45) is -4.50. The van der Waals surface area contributed by atoms with Crippen molar-refractivity contribution in [1.82, 2.24) is 4.98 Å². The molecule has 9 heteroatoms. The Morgan fingerprint density at radius 3 is 2.67 bits per heavy atom. The second-order valence-corrected chi connectivity index (χ2v) is 5.16. The van der Waals surface area contributed by atoms with Gasteiger partial charge in [0.05, 0.1) is 18.4 Å². The van der Waals surface area contributed by atoms with Crippen LogP contribution >= 0.6 is 22.9 Å². The molecule has 1 aromatic carbocycles. The van der Waals surface area contributed by atoms with Crippen molar-refractivity contribution >= 4 is 39.7 Å². The van der Waals surface area contributed by atoms with E-state index in [0.29, 0.717) is 0 Å². The number of nitrogens with zero attached hydrogens (tertiary/aromatic N) is 1. The lowest BCUT2D eigenvalue weighted by atomic mass is 10.2. The van der Waals surface area contributed by atoms with Gasteiger partial charge in [0.2, 0.25) is 0 Å². The molecule has 21 heavy (non-hydrogen) atoms. The highest BCUT2D eigenvalue weighted by atomic mass is 35.5. The third-order valence-corrected chi connectivity index (χ3v) is 3.77. The van der Waals surface area contributed by atoms with Crippen molar-refractivity contribution in [3.05, 3.63) is 39.9 Å². The van der Waals surface area contributed by atoms with Crippen LogP contribution < -0.4 is 5.32 Å². The number of rotatable bonds is 3. The van der Waals surface area contributed by atoms with Gasteiger partial charge in [-0.1, -0.05) is 35.1 Å². The molecule has 0 spiro atoms. The van der Waals surface area contributed by atoms with E-state index in [1.54, 1.807) is 0 Å². The quantitative estimate of drug-likeness (QED) is 0.847. The van der Waals surface area contributed by atoms with Crippen LogP contribution in [0.15, 0.2) is 24.3 Å². The first-order valence-corrected chi connectivity index (χ1v) is 6.70. The summed E-state index contributed by atoms with van der Waals surface area (Å²) in [7, 11) is 1.17. The van der Waals surface area contributed by atoms with Crippen LogP contribution in [0.3, 0.4) is 0 Å². The minimum absolute atomic E-state index is 0.0196. The van der Waals surface area contributed by atoms with Crippen LogP contribution in [0.2, 0.25) is 5.15 Å². The van der Waals surface area contributed by atoms with E-state index in [1.165, 1.54) is 25.3 Å². The van der Waals surface area contributed by atoms with Crippen LogP contribution in [0, 0.1) is 0 Å². The number of carbonyl (C=O) groups is 1. The molecule has 2 rings (SSSR count). The van der Waals surface area contributed by atoms with Gasteiger partial charge in [0, 0.05) is 0 Å². The number of ether oxygens (including phenoxy) is 1. The molecule has 0 radical (unpaired) electrons. The maximum Gasteiger partial charge on any atom is 0.418 e. The number of alkyl halides is 3. The monoisotopic (exact) mass is 336 g/mol. The minimum Gasteiger partial charge on any atom is -0.465 e. The molecule has 0 bridgehead atoms. The van der Waals surface area contributed by atoms with E-state index in [1.807, 2.05) is 0 Å². The molecule has 1 aromatic heterocycles. The average Bonchev–Trinajstić information content (AvgIpc) is 2.78. The zero-order valence-electron chi connectivity index (χ0n) is 10.5. The Hall–Kier alpha value is -1.80. The van der Waals surface area contributed by atoms with Gasteiger partial charge in [-0.05, 0) is 12.1 Å². The highest BCUT2D eigenvalue weighted by molar-refractivity contribution is 7.18. The lowest BCUT2D eigenvalue weighted by Gasteiger charge is -2.12. The van der Waals surface area contributed by atoms with E-state index < -0.39 is 17.7 Å². The summed E-state index contributed by atoms with van der Waals surface area (Å²) < 4.78 is 43.1. The molecular formula is C12H8ClF3N2O2S. The number of esters is 1. The van der Waals surface area contributed by atoms with Crippen LogP contribution in [0.1, 0.15) is 15.2 Å². The van der Waals surface area contributed by atoms with E-state index in [4.69, 9.17) is 11.6 Å². The fraction of sp³-hybridized carbons (Fsp3) is 0.167. The van der Waals surface area contributed by atoms with Crippen LogP contribution in [0.25, 0.3) is 0 Å². The smallest absolute Gasteiger partial charge is 0.418 e. The number of hydrogen-bond donors (Lipinski definition) is 1. The Bertz CT molecular complexity index is 673. The number of nitrogens with one attached hydrogen (secondary N) is 1. The molecule has 0 fully saturated rings. The van der Waals surface area contributed by atoms with Gasteiger partial charge in [-0.15, -0.1) is 0 Å². The van der Waals surface area contributed by atoms with Crippen molar-refractivity contribution < 1.29 is 22.7 Å². The third kappa shape index (κ3) is 3.45. The van der Waals surface area contributed by atoms with E-state index in [0.717, 1.165) is 17.4 Å². The predicted molar refractivity (Wildman–Crippen MR) is 73.2 cm³/mol. The van der Waals surface area contributed by atoms with Crippen molar-refractivity contribution in [2.24, 2.45) is 0 Å². The number of aromatic nitrogens is 1. The van der Waals surface area contributed by atoms with E-state index >= 15 is 0 Å². The van der Waals surface area contributed by atoms with Crippen LogP contribution in [-0.2, 0) is 10.9 Å². The maximum atomic E-state index is 12.9.